The summed E-state index contributed by atoms with van der Waals surface area (Å²) in [4.78, 5) is 24.0. The molecule has 0 saturated heterocycles. The average molecular weight is 358 g/mol. The number of anilines is 1. The summed E-state index contributed by atoms with van der Waals surface area (Å²) < 4.78 is 18.1. The van der Waals surface area contributed by atoms with E-state index < -0.39 is 11.7 Å². The normalized spacial score (nSPS) is 10.9. The molecule has 26 heavy (non-hydrogen) atoms. The summed E-state index contributed by atoms with van der Waals surface area (Å²) in [5.74, 6) is -0.535. The molecule has 0 radical (unpaired) electrons. The van der Waals surface area contributed by atoms with Gasteiger partial charge in [-0.25, -0.2) is 9.18 Å². The van der Waals surface area contributed by atoms with Gasteiger partial charge in [-0.2, -0.15) is 0 Å². The maximum absolute atomic E-state index is 12.9. The smallest absolute Gasteiger partial charge is 0.412 e. The monoisotopic (exact) mass is 358 g/mol. The van der Waals surface area contributed by atoms with Gasteiger partial charge in [0.05, 0.1) is 0 Å². The lowest BCUT2D eigenvalue weighted by Crippen LogP contribution is -2.28. The zero-order valence-electron chi connectivity index (χ0n) is 15.1. The van der Waals surface area contributed by atoms with E-state index in [-0.39, 0.29) is 11.7 Å². The Bertz CT molecular complexity index is 767. The molecule has 0 heterocycles. The molecule has 2 N–H and O–H groups in total. The highest BCUT2D eigenvalue weighted by Crippen LogP contribution is 2.14. The first-order valence-corrected chi connectivity index (χ1v) is 8.36. The standard InChI is InChI=1S/C20H23FN2O3/c1-20(2,3)26-19(25)23-17-6-4-5-15(13-17)18(24)22-12-11-14-7-9-16(21)10-8-14/h4-10,13H,11-12H2,1-3H3,(H,22,24)(H,23,25). The van der Waals surface area contributed by atoms with Gasteiger partial charge >= 0.3 is 6.09 Å². The van der Waals surface area contributed by atoms with E-state index in [1.165, 1.54) is 12.1 Å². The fourth-order valence-electron chi connectivity index (χ4n) is 2.23. The first-order valence-electron chi connectivity index (χ1n) is 8.36. The van der Waals surface area contributed by atoms with Gasteiger partial charge in [-0.3, -0.25) is 10.1 Å². The highest BCUT2D eigenvalue weighted by Gasteiger charge is 2.16. The van der Waals surface area contributed by atoms with Crippen molar-refractivity contribution in [3.63, 3.8) is 0 Å². The zero-order chi connectivity index (χ0) is 19.2. The summed E-state index contributed by atoms with van der Waals surface area (Å²) in [5, 5.41) is 5.41. The number of hydrogen-bond acceptors (Lipinski definition) is 3. The minimum absolute atomic E-state index is 0.250. The molecule has 0 aliphatic heterocycles. The molecular formula is C20H23FN2O3. The lowest BCUT2D eigenvalue weighted by molar-refractivity contribution is 0.0635. The largest absolute Gasteiger partial charge is 0.444 e. The molecule has 0 aromatic heterocycles. The number of benzene rings is 2. The van der Waals surface area contributed by atoms with Gasteiger partial charge in [0.2, 0.25) is 0 Å². The van der Waals surface area contributed by atoms with Gasteiger partial charge in [-0.1, -0.05) is 18.2 Å². The van der Waals surface area contributed by atoms with Gasteiger partial charge in [0.1, 0.15) is 11.4 Å². The van der Waals surface area contributed by atoms with Crippen LogP contribution in [0.25, 0.3) is 0 Å². The Labute approximate surface area is 152 Å². The van der Waals surface area contributed by atoms with Gasteiger partial charge < -0.3 is 10.1 Å². The number of halogens is 1. The molecular weight excluding hydrogens is 335 g/mol. The molecule has 2 amide bonds. The van der Waals surface area contributed by atoms with Crippen molar-refractivity contribution >= 4 is 17.7 Å². The van der Waals surface area contributed by atoms with E-state index in [4.69, 9.17) is 4.74 Å². The van der Waals surface area contributed by atoms with Crippen LogP contribution in [0.5, 0.6) is 0 Å². The van der Waals surface area contributed by atoms with E-state index in [9.17, 15) is 14.0 Å². The first-order chi connectivity index (χ1) is 12.2. The number of amides is 2. The summed E-state index contributed by atoms with van der Waals surface area (Å²) in [7, 11) is 0. The minimum Gasteiger partial charge on any atom is -0.444 e. The van der Waals surface area contributed by atoms with E-state index in [0.29, 0.717) is 24.2 Å². The van der Waals surface area contributed by atoms with Gasteiger partial charge in [-0.15, -0.1) is 0 Å². The van der Waals surface area contributed by atoms with Crippen molar-refractivity contribution in [1.82, 2.24) is 5.32 Å². The molecule has 2 rings (SSSR count). The van der Waals surface area contributed by atoms with Gasteiger partial charge in [0.15, 0.2) is 0 Å². The number of ether oxygens (including phenoxy) is 1. The maximum atomic E-state index is 12.9. The van der Waals surface area contributed by atoms with Gasteiger partial charge in [-0.05, 0) is 63.1 Å². The molecule has 0 atom stereocenters. The van der Waals surface area contributed by atoms with Crippen molar-refractivity contribution in [2.75, 3.05) is 11.9 Å². The molecule has 0 spiro atoms. The summed E-state index contributed by atoms with van der Waals surface area (Å²) in [6, 6.07) is 12.8. The summed E-state index contributed by atoms with van der Waals surface area (Å²) in [5.41, 5.74) is 1.24. The maximum Gasteiger partial charge on any atom is 0.412 e. The molecule has 0 unspecified atom stereocenters. The fourth-order valence-corrected chi connectivity index (χ4v) is 2.23. The van der Waals surface area contributed by atoms with E-state index >= 15 is 0 Å². The topological polar surface area (TPSA) is 67.4 Å². The Morgan fingerprint density at radius 3 is 2.42 bits per heavy atom. The summed E-state index contributed by atoms with van der Waals surface area (Å²) >= 11 is 0. The van der Waals surface area contributed by atoms with E-state index in [1.807, 2.05) is 0 Å². The molecule has 6 heteroatoms. The zero-order valence-corrected chi connectivity index (χ0v) is 15.1. The van der Waals surface area contributed by atoms with Crippen molar-refractivity contribution in [1.29, 1.82) is 0 Å². The predicted molar refractivity (Wildman–Crippen MR) is 98.7 cm³/mol. The van der Waals surface area contributed by atoms with E-state index in [0.717, 1.165) is 5.56 Å². The Morgan fingerprint density at radius 1 is 1.08 bits per heavy atom. The Hall–Kier alpha value is -2.89. The minimum atomic E-state index is -0.598. The number of hydrogen-bond donors (Lipinski definition) is 2. The number of carbonyl (C=O) groups is 2. The van der Waals surface area contributed by atoms with Crippen LogP contribution in [0.3, 0.4) is 0 Å². The molecule has 5 nitrogen and oxygen atoms in total. The highest BCUT2D eigenvalue weighted by atomic mass is 19.1. The van der Waals surface area contributed by atoms with E-state index in [2.05, 4.69) is 10.6 Å². The molecule has 138 valence electrons. The van der Waals surface area contributed by atoms with Crippen LogP contribution in [0.4, 0.5) is 14.9 Å². The third-order valence-corrected chi connectivity index (χ3v) is 3.38. The SMILES string of the molecule is CC(C)(C)OC(=O)Nc1cccc(C(=O)NCCc2ccc(F)cc2)c1. The second-order valence-corrected chi connectivity index (χ2v) is 6.84. The average Bonchev–Trinajstić information content (AvgIpc) is 2.55. The summed E-state index contributed by atoms with van der Waals surface area (Å²) in [6.45, 7) is 5.75. The van der Waals surface area contributed by atoms with Crippen molar-refractivity contribution in [3.8, 4) is 0 Å². The van der Waals surface area contributed by atoms with Crippen LogP contribution in [0.1, 0.15) is 36.7 Å². The molecule has 0 aliphatic rings. The quantitative estimate of drug-likeness (QED) is 0.844. The van der Waals surface area contributed by atoms with Crippen LogP contribution in [-0.4, -0.2) is 24.1 Å². The lowest BCUT2D eigenvalue weighted by Gasteiger charge is -2.19. The van der Waals surface area contributed by atoms with Crippen LogP contribution in [-0.2, 0) is 11.2 Å². The van der Waals surface area contributed by atoms with Crippen LogP contribution < -0.4 is 10.6 Å². The van der Waals surface area contributed by atoms with Crippen molar-refractivity contribution in [2.45, 2.75) is 32.8 Å². The number of nitrogens with one attached hydrogen (secondary N) is 2. The van der Waals surface area contributed by atoms with Crippen LogP contribution >= 0.6 is 0 Å². The van der Waals surface area contributed by atoms with Crippen LogP contribution in [0, 0.1) is 5.82 Å². The molecule has 0 fully saturated rings. The lowest BCUT2D eigenvalue weighted by atomic mass is 10.1. The van der Waals surface area contributed by atoms with E-state index in [1.54, 1.807) is 57.2 Å². The Balaban J connectivity index is 1.88. The molecule has 2 aromatic carbocycles. The first kappa shape index (κ1) is 19.4. The molecule has 0 saturated carbocycles. The Morgan fingerprint density at radius 2 is 1.77 bits per heavy atom. The second kappa shape index (κ2) is 8.47. The fraction of sp³-hybridized carbons (Fsp3) is 0.300. The predicted octanol–water partition coefficient (Wildman–Crippen LogP) is 4.15. The van der Waals surface area contributed by atoms with Gasteiger partial charge in [0.25, 0.3) is 5.91 Å². The Kier molecular flexibility index (Phi) is 6.33. The van der Waals surface area contributed by atoms with Crippen molar-refractivity contribution in [3.05, 3.63) is 65.5 Å². The van der Waals surface area contributed by atoms with Crippen molar-refractivity contribution in [2.24, 2.45) is 0 Å². The molecule has 0 bridgehead atoms. The molecule has 0 aliphatic carbocycles. The third kappa shape index (κ3) is 6.55. The van der Waals surface area contributed by atoms with Crippen LogP contribution in [0.15, 0.2) is 48.5 Å². The van der Waals surface area contributed by atoms with Gasteiger partial charge in [0, 0.05) is 17.8 Å². The second-order valence-electron chi connectivity index (χ2n) is 6.84. The van der Waals surface area contributed by atoms with Crippen LogP contribution in [0.2, 0.25) is 0 Å². The molecule has 2 aromatic rings. The number of carbonyl (C=O) groups excluding carboxylic acids is 2. The third-order valence-electron chi connectivity index (χ3n) is 3.38. The highest BCUT2D eigenvalue weighted by molar-refractivity contribution is 5.96. The summed E-state index contributed by atoms with van der Waals surface area (Å²) in [6.07, 6.45) is 0.0216. The number of rotatable bonds is 5. The van der Waals surface area contributed by atoms with Crippen molar-refractivity contribution < 1.29 is 18.7 Å².